The number of ether oxygens (including phenoxy) is 4. The molecule has 4 nitrogen and oxygen atoms in total. The fraction of sp³-hybridized carbons (Fsp3) is 0.520. The third-order valence-corrected chi connectivity index (χ3v) is 7.26. The highest BCUT2D eigenvalue weighted by Crippen LogP contribution is 2.60. The Kier molecular flexibility index (Phi) is 4.31. The van der Waals surface area contributed by atoms with Gasteiger partial charge in [-0.25, -0.2) is 0 Å². The highest BCUT2D eigenvalue weighted by Gasteiger charge is 2.52. The zero-order valence-corrected chi connectivity index (χ0v) is 16.7. The van der Waals surface area contributed by atoms with Crippen molar-refractivity contribution in [2.75, 3.05) is 26.4 Å². The molecule has 0 spiro atoms. The first-order chi connectivity index (χ1) is 14.3. The van der Waals surface area contributed by atoms with Crippen LogP contribution in [0.4, 0.5) is 0 Å². The summed E-state index contributed by atoms with van der Waals surface area (Å²) in [5.41, 5.74) is 2.98. The number of hydrogen-bond donors (Lipinski definition) is 0. The predicted molar refractivity (Wildman–Crippen MR) is 110 cm³/mol. The molecule has 29 heavy (non-hydrogen) atoms. The van der Waals surface area contributed by atoms with Gasteiger partial charge in [0, 0.05) is 5.41 Å². The predicted octanol–water partition coefficient (Wildman–Crippen LogP) is 4.35. The Morgan fingerprint density at radius 3 is 1.66 bits per heavy atom. The van der Waals surface area contributed by atoms with E-state index in [1.54, 1.807) is 0 Å². The Labute approximate surface area is 172 Å². The number of hydrogen-bond acceptors (Lipinski definition) is 4. The topological polar surface area (TPSA) is 43.5 Å². The minimum absolute atomic E-state index is 0.124. The summed E-state index contributed by atoms with van der Waals surface area (Å²) in [6, 6.07) is 17.7. The second-order valence-electron chi connectivity index (χ2n) is 9.13. The van der Waals surface area contributed by atoms with Gasteiger partial charge >= 0.3 is 0 Å². The first-order valence-electron chi connectivity index (χ1n) is 11.0. The van der Waals surface area contributed by atoms with Crippen LogP contribution in [0.5, 0.6) is 11.5 Å². The fourth-order valence-electron chi connectivity index (χ4n) is 5.61. The second-order valence-corrected chi connectivity index (χ2v) is 9.13. The van der Waals surface area contributed by atoms with Gasteiger partial charge in [0.2, 0.25) is 0 Å². The Hall–Kier alpha value is -2.04. The molecule has 4 fully saturated rings. The lowest BCUT2D eigenvalue weighted by atomic mass is 9.64. The second kappa shape index (κ2) is 7.03. The Bertz CT molecular complexity index is 792. The molecule has 2 aliphatic heterocycles. The molecule has 0 amide bonds. The van der Waals surface area contributed by atoms with Gasteiger partial charge in [0.15, 0.2) is 0 Å². The van der Waals surface area contributed by atoms with E-state index in [4.69, 9.17) is 18.9 Å². The van der Waals surface area contributed by atoms with Crippen molar-refractivity contribution < 1.29 is 18.9 Å². The molecule has 6 rings (SSSR count). The van der Waals surface area contributed by atoms with Crippen LogP contribution in [0.2, 0.25) is 0 Å². The quantitative estimate of drug-likeness (QED) is 0.627. The van der Waals surface area contributed by atoms with Crippen molar-refractivity contribution in [2.45, 2.75) is 43.3 Å². The summed E-state index contributed by atoms with van der Waals surface area (Å²) in [6.07, 6.45) is 5.91. The van der Waals surface area contributed by atoms with E-state index in [0.29, 0.717) is 25.4 Å². The van der Waals surface area contributed by atoms with E-state index in [-0.39, 0.29) is 5.41 Å². The van der Waals surface area contributed by atoms with Crippen LogP contribution in [0.3, 0.4) is 0 Å². The molecular weight excluding hydrogens is 364 g/mol. The zero-order valence-electron chi connectivity index (χ0n) is 16.7. The first kappa shape index (κ1) is 17.8. The Morgan fingerprint density at radius 2 is 1.28 bits per heavy atom. The van der Waals surface area contributed by atoms with Crippen molar-refractivity contribution in [1.29, 1.82) is 0 Å². The summed E-state index contributed by atoms with van der Waals surface area (Å²) in [6.45, 7) is 2.97. The van der Waals surface area contributed by atoms with Crippen molar-refractivity contribution in [3.8, 4) is 11.5 Å². The van der Waals surface area contributed by atoms with Gasteiger partial charge in [-0.15, -0.1) is 0 Å². The first-order valence-corrected chi connectivity index (χ1v) is 11.0. The average Bonchev–Trinajstić information content (AvgIpc) is 3.70. The summed E-state index contributed by atoms with van der Waals surface area (Å²) in [5.74, 6) is 3.46. The number of epoxide rings is 2. The van der Waals surface area contributed by atoms with E-state index >= 15 is 0 Å². The van der Waals surface area contributed by atoms with E-state index in [9.17, 15) is 0 Å². The average molecular weight is 392 g/mol. The minimum Gasteiger partial charge on any atom is -0.491 e. The molecule has 2 heterocycles. The molecule has 0 radical (unpaired) electrons. The summed E-state index contributed by atoms with van der Waals surface area (Å²) >= 11 is 0. The largest absolute Gasteiger partial charge is 0.491 e. The van der Waals surface area contributed by atoms with E-state index in [0.717, 1.165) is 36.5 Å². The van der Waals surface area contributed by atoms with E-state index in [1.165, 1.54) is 36.8 Å². The molecule has 0 aromatic heterocycles. The van der Waals surface area contributed by atoms with Crippen molar-refractivity contribution >= 4 is 0 Å². The van der Waals surface area contributed by atoms with Crippen molar-refractivity contribution in [3.05, 3.63) is 59.7 Å². The molecule has 4 aliphatic rings. The third kappa shape index (κ3) is 3.43. The van der Waals surface area contributed by atoms with E-state index in [1.807, 2.05) is 0 Å². The van der Waals surface area contributed by atoms with Crippen LogP contribution in [0.1, 0.15) is 36.8 Å². The SMILES string of the molecule is c1cc(C2(c3ccc(OCC4CO4)cc3)CC3CCC2C3)ccc1OCC1CO1. The third-order valence-electron chi connectivity index (χ3n) is 7.26. The number of fused-ring (bicyclic) bond motifs is 2. The Morgan fingerprint density at radius 1 is 0.759 bits per heavy atom. The molecule has 2 bridgehead atoms. The van der Waals surface area contributed by atoms with Crippen LogP contribution in [0.15, 0.2) is 48.5 Å². The molecule has 2 aliphatic carbocycles. The molecule has 2 saturated heterocycles. The van der Waals surface area contributed by atoms with Gasteiger partial charge < -0.3 is 18.9 Å². The maximum absolute atomic E-state index is 5.86. The van der Waals surface area contributed by atoms with Gasteiger partial charge in [-0.05, 0) is 66.5 Å². The van der Waals surface area contributed by atoms with E-state index < -0.39 is 0 Å². The molecule has 2 aromatic carbocycles. The number of rotatable bonds is 8. The van der Waals surface area contributed by atoms with Crippen LogP contribution in [-0.2, 0) is 14.9 Å². The van der Waals surface area contributed by atoms with Crippen LogP contribution in [0, 0.1) is 11.8 Å². The molecule has 2 aromatic rings. The summed E-state index contributed by atoms with van der Waals surface area (Å²) in [7, 11) is 0. The lowest BCUT2D eigenvalue weighted by molar-refractivity contribution is 0.262. The highest BCUT2D eigenvalue weighted by atomic mass is 16.6. The Balaban J connectivity index is 1.26. The zero-order chi connectivity index (χ0) is 19.3. The van der Waals surface area contributed by atoms with Crippen LogP contribution >= 0.6 is 0 Å². The van der Waals surface area contributed by atoms with Gasteiger partial charge in [-0.1, -0.05) is 30.7 Å². The molecule has 2 saturated carbocycles. The van der Waals surface area contributed by atoms with Crippen LogP contribution in [-0.4, -0.2) is 38.6 Å². The van der Waals surface area contributed by atoms with Crippen LogP contribution < -0.4 is 9.47 Å². The maximum Gasteiger partial charge on any atom is 0.119 e. The fourth-order valence-corrected chi connectivity index (χ4v) is 5.61. The molecule has 4 unspecified atom stereocenters. The monoisotopic (exact) mass is 392 g/mol. The van der Waals surface area contributed by atoms with Crippen LogP contribution in [0.25, 0.3) is 0 Å². The molecular formula is C25H28O4. The van der Waals surface area contributed by atoms with Gasteiger partial charge in [0.25, 0.3) is 0 Å². The summed E-state index contributed by atoms with van der Waals surface area (Å²) in [5, 5.41) is 0. The van der Waals surface area contributed by atoms with Gasteiger partial charge in [-0.2, -0.15) is 0 Å². The van der Waals surface area contributed by atoms with Gasteiger partial charge in [0.05, 0.1) is 13.2 Å². The standard InChI is InChI=1S/C25H28O4/c1-2-20-11-17(1)12-25(20,18-3-7-21(8-4-18)26-13-23-15-28-23)19-5-9-22(10-6-19)27-14-24-16-29-24/h3-10,17,20,23-24H,1-2,11-16H2. The van der Waals surface area contributed by atoms with Crippen molar-refractivity contribution in [2.24, 2.45) is 11.8 Å². The highest BCUT2D eigenvalue weighted by molar-refractivity contribution is 5.46. The molecule has 4 heteroatoms. The molecule has 4 atom stereocenters. The summed E-state index contributed by atoms with van der Waals surface area (Å²) < 4.78 is 22.2. The van der Waals surface area contributed by atoms with Crippen molar-refractivity contribution in [1.82, 2.24) is 0 Å². The summed E-state index contributed by atoms with van der Waals surface area (Å²) in [4.78, 5) is 0. The minimum atomic E-state index is 0.124. The normalized spacial score (nSPS) is 34.2. The smallest absolute Gasteiger partial charge is 0.119 e. The lowest BCUT2D eigenvalue weighted by Gasteiger charge is -2.39. The van der Waals surface area contributed by atoms with E-state index in [2.05, 4.69) is 48.5 Å². The lowest BCUT2D eigenvalue weighted by Crippen LogP contribution is -2.34. The number of benzene rings is 2. The molecule has 0 N–H and O–H groups in total. The maximum atomic E-state index is 5.86. The van der Waals surface area contributed by atoms with Gasteiger partial charge in [-0.3, -0.25) is 0 Å². The molecule has 152 valence electrons. The van der Waals surface area contributed by atoms with Crippen molar-refractivity contribution in [3.63, 3.8) is 0 Å². The van der Waals surface area contributed by atoms with Gasteiger partial charge in [0.1, 0.15) is 36.9 Å².